The normalized spacial score (nSPS) is 17.5. The van der Waals surface area contributed by atoms with Crippen LogP contribution in [0.3, 0.4) is 0 Å². The fourth-order valence-corrected chi connectivity index (χ4v) is 3.32. The molecule has 1 aliphatic heterocycles. The summed E-state index contributed by atoms with van der Waals surface area (Å²) < 4.78 is 0. The molecule has 0 spiro atoms. The Bertz CT molecular complexity index is 693. The zero-order valence-corrected chi connectivity index (χ0v) is 15.4. The number of rotatable bonds is 3. The van der Waals surface area contributed by atoms with E-state index >= 15 is 0 Å². The fraction of sp³-hybridized carbons (Fsp3) is 0.421. The molecule has 1 fully saturated rings. The molecule has 1 aliphatic rings. The van der Waals surface area contributed by atoms with Gasteiger partial charge in [0, 0.05) is 25.3 Å². The third-order valence-electron chi connectivity index (χ3n) is 4.64. The quantitative estimate of drug-likeness (QED) is 0.894. The third-order valence-corrected chi connectivity index (χ3v) is 4.64. The molecule has 0 aliphatic carbocycles. The Kier molecular flexibility index (Phi) is 6.08. The number of aromatic amines is 1. The second-order valence-corrected chi connectivity index (χ2v) is 6.32. The molecule has 1 aromatic heterocycles. The van der Waals surface area contributed by atoms with Crippen LogP contribution >= 0.6 is 12.4 Å². The van der Waals surface area contributed by atoms with Crippen LogP contribution in [0.15, 0.2) is 30.3 Å². The van der Waals surface area contributed by atoms with Crippen molar-refractivity contribution in [2.75, 3.05) is 19.6 Å². The van der Waals surface area contributed by atoms with Gasteiger partial charge in [-0.1, -0.05) is 31.2 Å². The van der Waals surface area contributed by atoms with E-state index in [1.165, 1.54) is 11.1 Å². The van der Waals surface area contributed by atoms with Gasteiger partial charge < -0.3 is 15.2 Å². The molecule has 3 rings (SSSR count). The molecule has 4 nitrogen and oxygen atoms in total. The Morgan fingerprint density at radius 2 is 1.96 bits per heavy atom. The molecule has 0 radical (unpaired) electrons. The van der Waals surface area contributed by atoms with E-state index in [9.17, 15) is 4.79 Å². The summed E-state index contributed by atoms with van der Waals surface area (Å²) in [5.74, 6) is 0.0988. The summed E-state index contributed by atoms with van der Waals surface area (Å²) >= 11 is 0. The number of aryl methyl sites for hydroxylation is 3. The largest absolute Gasteiger partial charge is 0.354 e. The number of hydrogen-bond acceptors (Lipinski definition) is 2. The molecule has 1 aromatic carbocycles. The predicted octanol–water partition coefficient (Wildman–Crippen LogP) is 3.40. The SMILES string of the molecule is CCc1ccc(C2CNCCN2C(=O)c2[nH]c(C)cc2C)cc1.Cl. The first-order valence-electron chi connectivity index (χ1n) is 8.37. The van der Waals surface area contributed by atoms with Crippen molar-refractivity contribution < 1.29 is 4.79 Å². The first-order chi connectivity index (χ1) is 11.1. The van der Waals surface area contributed by atoms with Crippen LogP contribution in [0.4, 0.5) is 0 Å². The minimum Gasteiger partial charge on any atom is -0.354 e. The van der Waals surface area contributed by atoms with Crippen molar-refractivity contribution in [3.63, 3.8) is 0 Å². The van der Waals surface area contributed by atoms with E-state index in [1.807, 2.05) is 24.8 Å². The Labute approximate surface area is 150 Å². The highest BCUT2D eigenvalue weighted by Crippen LogP contribution is 2.25. The number of amides is 1. The van der Waals surface area contributed by atoms with Gasteiger partial charge in [0.2, 0.25) is 0 Å². The molecule has 1 unspecified atom stereocenters. The number of aromatic nitrogens is 1. The van der Waals surface area contributed by atoms with Crippen molar-refractivity contribution in [3.05, 3.63) is 58.4 Å². The van der Waals surface area contributed by atoms with E-state index in [4.69, 9.17) is 0 Å². The number of carbonyl (C=O) groups is 1. The molecule has 2 heterocycles. The second-order valence-electron chi connectivity index (χ2n) is 6.32. The lowest BCUT2D eigenvalue weighted by Crippen LogP contribution is -2.48. The lowest BCUT2D eigenvalue weighted by Gasteiger charge is -2.36. The summed E-state index contributed by atoms with van der Waals surface area (Å²) in [4.78, 5) is 18.2. The van der Waals surface area contributed by atoms with Crippen LogP contribution in [-0.2, 0) is 6.42 Å². The highest BCUT2D eigenvalue weighted by atomic mass is 35.5. The molecule has 2 aromatic rings. The van der Waals surface area contributed by atoms with Gasteiger partial charge in [-0.25, -0.2) is 0 Å². The lowest BCUT2D eigenvalue weighted by atomic mass is 10.0. The van der Waals surface area contributed by atoms with Crippen molar-refractivity contribution in [1.29, 1.82) is 0 Å². The maximum atomic E-state index is 13.0. The summed E-state index contributed by atoms with van der Waals surface area (Å²) in [6, 6.07) is 10.8. The maximum Gasteiger partial charge on any atom is 0.271 e. The molecular weight excluding hydrogens is 322 g/mol. The standard InChI is InChI=1S/C19H25N3O.ClH/c1-4-15-5-7-16(8-6-15)17-12-20-9-10-22(17)19(23)18-13(2)11-14(3)21-18;/h5-8,11,17,20-21H,4,9-10,12H2,1-3H3;1H. The van der Waals surface area contributed by atoms with E-state index in [1.54, 1.807) is 0 Å². The van der Waals surface area contributed by atoms with Gasteiger partial charge in [-0.2, -0.15) is 0 Å². The first kappa shape index (κ1) is 18.6. The molecule has 0 saturated carbocycles. The molecule has 5 heteroatoms. The zero-order chi connectivity index (χ0) is 16.4. The van der Waals surface area contributed by atoms with Gasteiger partial charge in [-0.3, -0.25) is 4.79 Å². The fourth-order valence-electron chi connectivity index (χ4n) is 3.32. The summed E-state index contributed by atoms with van der Waals surface area (Å²) in [5.41, 5.74) is 5.30. The number of H-pyrrole nitrogens is 1. The third kappa shape index (κ3) is 3.65. The van der Waals surface area contributed by atoms with Gasteiger partial charge in [0.1, 0.15) is 5.69 Å². The number of piperazine rings is 1. The van der Waals surface area contributed by atoms with Crippen LogP contribution in [0, 0.1) is 13.8 Å². The minimum absolute atomic E-state index is 0. The number of halogens is 1. The van der Waals surface area contributed by atoms with Crippen molar-refractivity contribution >= 4 is 18.3 Å². The van der Waals surface area contributed by atoms with Gasteiger partial charge in [0.15, 0.2) is 0 Å². The summed E-state index contributed by atoms with van der Waals surface area (Å²) in [7, 11) is 0. The van der Waals surface area contributed by atoms with Crippen LogP contribution in [-0.4, -0.2) is 35.4 Å². The van der Waals surface area contributed by atoms with E-state index < -0.39 is 0 Å². The highest BCUT2D eigenvalue weighted by Gasteiger charge is 2.30. The number of benzene rings is 1. The second kappa shape index (κ2) is 7.86. The van der Waals surface area contributed by atoms with Crippen LogP contribution in [0.1, 0.15) is 45.8 Å². The summed E-state index contributed by atoms with van der Waals surface area (Å²) in [6.45, 7) is 8.51. The van der Waals surface area contributed by atoms with Gasteiger partial charge in [-0.15, -0.1) is 12.4 Å². The highest BCUT2D eigenvalue weighted by molar-refractivity contribution is 5.94. The molecule has 1 amide bonds. The molecule has 1 saturated heterocycles. The molecule has 24 heavy (non-hydrogen) atoms. The zero-order valence-electron chi connectivity index (χ0n) is 14.6. The average molecular weight is 348 g/mol. The molecule has 0 bridgehead atoms. The van der Waals surface area contributed by atoms with E-state index in [0.29, 0.717) is 0 Å². The summed E-state index contributed by atoms with van der Waals surface area (Å²) in [5, 5.41) is 3.41. The van der Waals surface area contributed by atoms with Crippen molar-refractivity contribution in [2.45, 2.75) is 33.2 Å². The van der Waals surface area contributed by atoms with Crippen molar-refractivity contribution in [3.8, 4) is 0 Å². The average Bonchev–Trinajstić information content (AvgIpc) is 2.92. The van der Waals surface area contributed by atoms with Crippen LogP contribution in [0.25, 0.3) is 0 Å². The van der Waals surface area contributed by atoms with Gasteiger partial charge in [0.25, 0.3) is 5.91 Å². The molecular formula is C19H26ClN3O. The molecule has 2 N–H and O–H groups in total. The Balaban J connectivity index is 0.00000208. The van der Waals surface area contributed by atoms with Gasteiger partial charge >= 0.3 is 0 Å². The number of carbonyl (C=O) groups excluding carboxylic acids is 1. The van der Waals surface area contributed by atoms with Crippen molar-refractivity contribution in [1.82, 2.24) is 15.2 Å². The van der Waals surface area contributed by atoms with E-state index in [-0.39, 0.29) is 24.4 Å². The minimum atomic E-state index is 0. The monoisotopic (exact) mass is 347 g/mol. The van der Waals surface area contributed by atoms with E-state index in [2.05, 4.69) is 41.5 Å². The summed E-state index contributed by atoms with van der Waals surface area (Å²) in [6.07, 6.45) is 1.03. The Hall–Kier alpha value is -1.78. The number of hydrogen-bond donors (Lipinski definition) is 2. The maximum absolute atomic E-state index is 13.0. The van der Waals surface area contributed by atoms with Gasteiger partial charge in [-0.05, 0) is 43.0 Å². The van der Waals surface area contributed by atoms with Crippen LogP contribution < -0.4 is 5.32 Å². The van der Waals surface area contributed by atoms with Gasteiger partial charge in [0.05, 0.1) is 6.04 Å². The lowest BCUT2D eigenvalue weighted by molar-refractivity contribution is 0.0628. The van der Waals surface area contributed by atoms with Crippen LogP contribution in [0.2, 0.25) is 0 Å². The number of nitrogens with one attached hydrogen (secondary N) is 2. The first-order valence-corrected chi connectivity index (χ1v) is 8.37. The topological polar surface area (TPSA) is 48.1 Å². The molecule has 130 valence electrons. The van der Waals surface area contributed by atoms with Crippen molar-refractivity contribution in [2.24, 2.45) is 0 Å². The smallest absolute Gasteiger partial charge is 0.271 e. The van der Waals surface area contributed by atoms with Crippen LogP contribution in [0.5, 0.6) is 0 Å². The molecule has 1 atom stereocenters. The van der Waals surface area contributed by atoms with E-state index in [0.717, 1.165) is 43.0 Å². The Morgan fingerprint density at radius 1 is 1.25 bits per heavy atom. The Morgan fingerprint density at radius 3 is 2.54 bits per heavy atom. The number of nitrogens with zero attached hydrogens (tertiary/aromatic N) is 1. The predicted molar refractivity (Wildman–Crippen MR) is 100.0 cm³/mol.